The Morgan fingerprint density at radius 3 is 2.88 bits per heavy atom. The average Bonchev–Trinajstić information content (AvgIpc) is 2.60. The predicted molar refractivity (Wildman–Crippen MR) is 92.1 cm³/mol. The predicted octanol–water partition coefficient (Wildman–Crippen LogP) is 0.810. The lowest BCUT2D eigenvalue weighted by Crippen LogP contribution is -2.41. The van der Waals surface area contributed by atoms with Crippen molar-refractivity contribution >= 4 is 17.6 Å². The van der Waals surface area contributed by atoms with Crippen LogP contribution in [0.15, 0.2) is 18.3 Å². The van der Waals surface area contributed by atoms with Gasteiger partial charge in [-0.15, -0.1) is 0 Å². The molecule has 1 atom stereocenters. The Morgan fingerprint density at radius 1 is 1.38 bits per heavy atom. The van der Waals surface area contributed by atoms with Crippen molar-refractivity contribution in [3.8, 4) is 0 Å². The number of rotatable bonds is 7. The van der Waals surface area contributed by atoms with Crippen LogP contribution in [-0.2, 0) is 9.53 Å². The highest BCUT2D eigenvalue weighted by atomic mass is 16.5. The number of ether oxygens (including phenoxy) is 1. The summed E-state index contributed by atoms with van der Waals surface area (Å²) < 4.78 is 4.91. The van der Waals surface area contributed by atoms with Crippen LogP contribution in [0, 0.1) is 5.92 Å². The number of carbonyl (C=O) groups excluding carboxylic acids is 2. The molecule has 1 aliphatic rings. The number of amides is 2. The third-order valence-electron chi connectivity index (χ3n) is 4.08. The smallest absolute Gasteiger partial charge is 0.252 e. The Bertz CT molecular complexity index is 547. The van der Waals surface area contributed by atoms with Crippen molar-refractivity contribution in [2.75, 3.05) is 44.8 Å². The fourth-order valence-electron chi connectivity index (χ4n) is 2.80. The van der Waals surface area contributed by atoms with Crippen LogP contribution >= 0.6 is 0 Å². The number of piperidine rings is 1. The van der Waals surface area contributed by atoms with E-state index in [2.05, 4.69) is 20.5 Å². The van der Waals surface area contributed by atoms with Crippen LogP contribution in [0.3, 0.4) is 0 Å². The fraction of sp³-hybridized carbons (Fsp3) is 0.588. The van der Waals surface area contributed by atoms with Crippen molar-refractivity contribution in [2.45, 2.75) is 19.8 Å². The Hall–Kier alpha value is -2.15. The molecule has 0 radical (unpaired) electrons. The molecule has 1 fully saturated rings. The number of hydrogen-bond donors (Lipinski definition) is 2. The van der Waals surface area contributed by atoms with E-state index in [-0.39, 0.29) is 11.8 Å². The average molecular weight is 334 g/mol. The Morgan fingerprint density at radius 2 is 2.21 bits per heavy atom. The molecule has 2 heterocycles. The maximum atomic E-state index is 11.9. The van der Waals surface area contributed by atoms with Crippen LogP contribution in [0.5, 0.6) is 0 Å². The standard InChI is InChI=1S/C17H26N4O3/c1-13(22)19-10-14-4-3-8-21(12-14)16-6-5-15(11-20-16)17(23)18-7-9-24-2/h5-6,11,14H,3-4,7-10,12H2,1-2H3,(H,18,23)(H,19,22). The van der Waals surface area contributed by atoms with E-state index in [0.717, 1.165) is 31.7 Å². The number of nitrogens with one attached hydrogen (secondary N) is 2. The van der Waals surface area contributed by atoms with Crippen LogP contribution in [0.1, 0.15) is 30.1 Å². The summed E-state index contributed by atoms with van der Waals surface area (Å²) in [5.41, 5.74) is 0.543. The van der Waals surface area contributed by atoms with Gasteiger partial charge < -0.3 is 20.3 Å². The van der Waals surface area contributed by atoms with E-state index in [4.69, 9.17) is 4.74 Å². The van der Waals surface area contributed by atoms with Crippen molar-refractivity contribution < 1.29 is 14.3 Å². The molecule has 0 aliphatic carbocycles. The third kappa shape index (κ3) is 5.49. The molecule has 132 valence electrons. The second-order valence-corrected chi connectivity index (χ2v) is 6.05. The second kappa shape index (κ2) is 9.22. The molecule has 1 unspecified atom stereocenters. The van der Waals surface area contributed by atoms with Crippen LogP contribution < -0.4 is 15.5 Å². The minimum absolute atomic E-state index is 0.00841. The number of anilines is 1. The molecule has 7 heteroatoms. The Kier molecular flexibility index (Phi) is 6.99. The number of carbonyl (C=O) groups is 2. The van der Waals surface area contributed by atoms with Gasteiger partial charge in [-0.25, -0.2) is 4.98 Å². The number of aromatic nitrogens is 1. The van der Waals surface area contributed by atoms with Gasteiger partial charge in [0.25, 0.3) is 5.91 Å². The van der Waals surface area contributed by atoms with Crippen LogP contribution in [0.4, 0.5) is 5.82 Å². The van der Waals surface area contributed by atoms with Gasteiger partial charge in [0, 0.05) is 46.4 Å². The molecule has 24 heavy (non-hydrogen) atoms. The van der Waals surface area contributed by atoms with Crippen molar-refractivity contribution in [1.82, 2.24) is 15.6 Å². The molecule has 2 amide bonds. The number of pyridine rings is 1. The number of methoxy groups -OCH3 is 1. The van der Waals surface area contributed by atoms with Crippen LogP contribution in [-0.4, -0.2) is 56.7 Å². The fourth-order valence-corrected chi connectivity index (χ4v) is 2.80. The lowest BCUT2D eigenvalue weighted by Gasteiger charge is -2.33. The zero-order valence-corrected chi connectivity index (χ0v) is 14.4. The molecule has 1 aliphatic heterocycles. The van der Waals surface area contributed by atoms with Gasteiger partial charge in [0.1, 0.15) is 5.82 Å². The summed E-state index contributed by atoms with van der Waals surface area (Å²) in [7, 11) is 1.60. The van der Waals surface area contributed by atoms with E-state index >= 15 is 0 Å². The number of hydrogen-bond acceptors (Lipinski definition) is 5. The first-order chi connectivity index (χ1) is 11.6. The molecule has 1 saturated heterocycles. The highest BCUT2D eigenvalue weighted by Crippen LogP contribution is 2.21. The number of nitrogens with zero attached hydrogens (tertiary/aromatic N) is 2. The third-order valence-corrected chi connectivity index (χ3v) is 4.08. The van der Waals surface area contributed by atoms with Gasteiger partial charge in [0.15, 0.2) is 0 Å². The molecule has 1 aromatic rings. The first kappa shape index (κ1) is 18.2. The maximum Gasteiger partial charge on any atom is 0.252 e. The zero-order valence-electron chi connectivity index (χ0n) is 14.4. The monoisotopic (exact) mass is 334 g/mol. The lowest BCUT2D eigenvalue weighted by atomic mass is 9.98. The highest BCUT2D eigenvalue weighted by molar-refractivity contribution is 5.94. The largest absolute Gasteiger partial charge is 0.383 e. The van der Waals surface area contributed by atoms with E-state index in [1.165, 1.54) is 0 Å². The van der Waals surface area contributed by atoms with Crippen molar-refractivity contribution in [2.24, 2.45) is 5.92 Å². The van der Waals surface area contributed by atoms with Crippen LogP contribution in [0.2, 0.25) is 0 Å². The molecule has 0 saturated carbocycles. The van der Waals surface area contributed by atoms with Gasteiger partial charge in [-0.2, -0.15) is 0 Å². The topological polar surface area (TPSA) is 83.6 Å². The Balaban J connectivity index is 1.89. The zero-order chi connectivity index (χ0) is 17.4. The van der Waals surface area contributed by atoms with Gasteiger partial charge in [-0.3, -0.25) is 9.59 Å². The quantitative estimate of drug-likeness (QED) is 0.721. The van der Waals surface area contributed by atoms with Gasteiger partial charge in [0.2, 0.25) is 5.91 Å². The van der Waals surface area contributed by atoms with E-state index in [9.17, 15) is 9.59 Å². The van der Waals surface area contributed by atoms with E-state index in [1.54, 1.807) is 26.3 Å². The molecule has 1 aromatic heterocycles. The van der Waals surface area contributed by atoms with E-state index in [1.807, 2.05) is 6.07 Å². The lowest BCUT2D eigenvalue weighted by molar-refractivity contribution is -0.119. The summed E-state index contributed by atoms with van der Waals surface area (Å²) in [6.45, 7) is 5.02. The SMILES string of the molecule is COCCNC(=O)c1ccc(N2CCCC(CNC(C)=O)C2)nc1. The summed E-state index contributed by atoms with van der Waals surface area (Å²) in [5.74, 6) is 1.17. The van der Waals surface area contributed by atoms with Gasteiger partial charge in [-0.05, 0) is 30.9 Å². The van der Waals surface area contributed by atoms with Gasteiger partial charge in [-0.1, -0.05) is 0 Å². The van der Waals surface area contributed by atoms with Gasteiger partial charge in [0.05, 0.1) is 12.2 Å². The van der Waals surface area contributed by atoms with Crippen molar-refractivity contribution in [3.05, 3.63) is 23.9 Å². The maximum absolute atomic E-state index is 11.9. The summed E-state index contributed by atoms with van der Waals surface area (Å²) >= 11 is 0. The summed E-state index contributed by atoms with van der Waals surface area (Å²) in [6, 6.07) is 3.67. The van der Waals surface area contributed by atoms with Crippen molar-refractivity contribution in [3.63, 3.8) is 0 Å². The summed E-state index contributed by atoms with van der Waals surface area (Å²) in [4.78, 5) is 29.6. The van der Waals surface area contributed by atoms with Gasteiger partial charge >= 0.3 is 0 Å². The van der Waals surface area contributed by atoms with Crippen molar-refractivity contribution in [1.29, 1.82) is 0 Å². The minimum atomic E-state index is -0.145. The summed E-state index contributed by atoms with van der Waals surface area (Å²) in [5, 5.41) is 5.66. The highest BCUT2D eigenvalue weighted by Gasteiger charge is 2.21. The molecule has 0 aromatic carbocycles. The normalized spacial score (nSPS) is 17.4. The van der Waals surface area contributed by atoms with E-state index in [0.29, 0.717) is 31.2 Å². The Labute approximate surface area is 142 Å². The first-order valence-electron chi connectivity index (χ1n) is 8.32. The molecular formula is C17H26N4O3. The summed E-state index contributed by atoms with van der Waals surface area (Å²) in [6.07, 6.45) is 3.79. The molecule has 2 N–H and O–H groups in total. The van der Waals surface area contributed by atoms with E-state index < -0.39 is 0 Å². The first-order valence-corrected chi connectivity index (χ1v) is 8.32. The molecular weight excluding hydrogens is 308 g/mol. The molecule has 0 spiro atoms. The molecule has 2 rings (SSSR count). The minimum Gasteiger partial charge on any atom is -0.383 e. The second-order valence-electron chi connectivity index (χ2n) is 6.05. The van der Waals surface area contributed by atoms with Crippen LogP contribution in [0.25, 0.3) is 0 Å². The molecule has 0 bridgehead atoms. The molecule has 7 nitrogen and oxygen atoms in total.